The van der Waals surface area contributed by atoms with Gasteiger partial charge in [-0.2, -0.15) is 5.10 Å². The molecule has 2 aromatic rings. The van der Waals surface area contributed by atoms with Crippen molar-refractivity contribution < 1.29 is 4.79 Å². The Labute approximate surface area is 135 Å². The monoisotopic (exact) mass is 316 g/mol. The second-order valence-electron chi connectivity index (χ2n) is 6.41. The van der Waals surface area contributed by atoms with Crippen LogP contribution in [0.15, 0.2) is 6.33 Å². The molecule has 0 unspecified atom stereocenters. The second kappa shape index (κ2) is 6.52. The van der Waals surface area contributed by atoms with E-state index in [0.717, 1.165) is 22.8 Å². The summed E-state index contributed by atoms with van der Waals surface area (Å²) in [6, 6.07) is 0.316. The third-order valence-electron chi connectivity index (χ3n) is 4.70. The maximum absolute atomic E-state index is 12.3. The summed E-state index contributed by atoms with van der Waals surface area (Å²) in [5, 5.41) is 18.4. The molecular weight excluding hydrogens is 292 g/mol. The number of aromatic amines is 1. The molecule has 0 radical (unpaired) electrons. The van der Waals surface area contributed by atoms with E-state index in [2.05, 4.69) is 30.3 Å². The molecule has 0 spiro atoms. The molecule has 23 heavy (non-hydrogen) atoms. The Kier molecular flexibility index (Phi) is 4.45. The Morgan fingerprint density at radius 2 is 2.17 bits per heavy atom. The highest BCUT2D eigenvalue weighted by Gasteiger charge is 2.23. The molecule has 0 aliphatic heterocycles. The predicted molar refractivity (Wildman–Crippen MR) is 85.9 cm³/mol. The third-order valence-corrected chi connectivity index (χ3v) is 4.70. The fraction of sp³-hybridized carbons (Fsp3) is 0.625. The van der Waals surface area contributed by atoms with E-state index in [-0.39, 0.29) is 11.9 Å². The van der Waals surface area contributed by atoms with Crippen LogP contribution in [0.1, 0.15) is 67.5 Å². The quantitative estimate of drug-likeness (QED) is 0.884. The van der Waals surface area contributed by atoms with Crippen molar-refractivity contribution in [1.29, 1.82) is 0 Å². The van der Waals surface area contributed by atoms with Crippen molar-refractivity contribution in [2.45, 2.75) is 65.0 Å². The fourth-order valence-electron chi connectivity index (χ4n) is 3.38. The predicted octanol–water partition coefficient (Wildman–Crippen LogP) is 2.15. The van der Waals surface area contributed by atoms with E-state index in [0.29, 0.717) is 12.5 Å². The van der Waals surface area contributed by atoms with E-state index < -0.39 is 0 Å². The first-order valence-electron chi connectivity index (χ1n) is 8.25. The zero-order valence-electron chi connectivity index (χ0n) is 14.0. The third kappa shape index (κ3) is 3.28. The zero-order chi connectivity index (χ0) is 16.4. The van der Waals surface area contributed by atoms with Gasteiger partial charge in [-0.05, 0) is 33.6 Å². The minimum absolute atomic E-state index is 0.0222. The first kappa shape index (κ1) is 15.7. The summed E-state index contributed by atoms with van der Waals surface area (Å²) < 4.78 is 2.13. The van der Waals surface area contributed by atoms with E-state index >= 15 is 0 Å². The molecule has 124 valence electrons. The van der Waals surface area contributed by atoms with Crippen LogP contribution in [0.3, 0.4) is 0 Å². The summed E-state index contributed by atoms with van der Waals surface area (Å²) in [7, 11) is 0. The molecule has 1 aliphatic carbocycles. The van der Waals surface area contributed by atoms with Crippen LogP contribution in [0.5, 0.6) is 0 Å². The van der Waals surface area contributed by atoms with Crippen LogP contribution < -0.4 is 5.32 Å². The van der Waals surface area contributed by atoms with Crippen molar-refractivity contribution in [2.24, 2.45) is 0 Å². The normalized spacial score (nSPS) is 16.7. The molecule has 3 rings (SSSR count). The van der Waals surface area contributed by atoms with Crippen LogP contribution in [-0.2, 0) is 11.2 Å². The Hall–Kier alpha value is -2.18. The highest BCUT2D eigenvalue weighted by molar-refractivity contribution is 5.79. The van der Waals surface area contributed by atoms with E-state index in [1.54, 1.807) is 6.33 Å². The van der Waals surface area contributed by atoms with Gasteiger partial charge < -0.3 is 9.88 Å². The minimum atomic E-state index is -0.155. The first-order valence-corrected chi connectivity index (χ1v) is 8.25. The van der Waals surface area contributed by atoms with Crippen LogP contribution >= 0.6 is 0 Å². The van der Waals surface area contributed by atoms with Gasteiger partial charge in [-0.25, -0.2) is 0 Å². The van der Waals surface area contributed by atoms with Crippen LogP contribution in [-0.4, -0.2) is 30.9 Å². The number of hydrogen-bond donors (Lipinski definition) is 2. The van der Waals surface area contributed by atoms with Gasteiger partial charge in [0.05, 0.1) is 18.2 Å². The Balaban J connectivity index is 1.66. The zero-order valence-corrected chi connectivity index (χ0v) is 14.0. The van der Waals surface area contributed by atoms with Crippen LogP contribution in [0.4, 0.5) is 0 Å². The molecule has 7 heteroatoms. The number of nitrogens with zero attached hydrogens (tertiary/aromatic N) is 4. The Morgan fingerprint density at radius 1 is 1.43 bits per heavy atom. The number of rotatable bonds is 5. The Morgan fingerprint density at radius 3 is 2.83 bits per heavy atom. The van der Waals surface area contributed by atoms with Gasteiger partial charge in [-0.3, -0.25) is 9.89 Å². The SMILES string of the molecule is Cc1n[nH]c(C)c1CC(=O)N[C@@H](C)c1nncn1C1CCCC1. The molecule has 1 saturated carbocycles. The molecule has 2 aromatic heterocycles. The topological polar surface area (TPSA) is 88.5 Å². The van der Waals surface area contributed by atoms with Gasteiger partial charge >= 0.3 is 0 Å². The standard InChI is InChI=1S/C16H24N6O/c1-10-14(11(2)20-19-10)8-15(23)18-12(3)16-21-17-9-22(16)13-6-4-5-7-13/h9,12-13H,4-8H2,1-3H3,(H,18,23)(H,19,20)/t12-/m0/s1. The van der Waals surface area contributed by atoms with E-state index in [1.807, 2.05) is 20.8 Å². The van der Waals surface area contributed by atoms with E-state index in [1.165, 1.54) is 25.7 Å². The van der Waals surface area contributed by atoms with Gasteiger partial charge in [0.25, 0.3) is 0 Å². The molecule has 7 nitrogen and oxygen atoms in total. The number of H-pyrrole nitrogens is 1. The molecule has 1 amide bonds. The van der Waals surface area contributed by atoms with Gasteiger partial charge in [0.1, 0.15) is 6.33 Å². The summed E-state index contributed by atoms with van der Waals surface area (Å²) >= 11 is 0. The van der Waals surface area contributed by atoms with Crippen molar-refractivity contribution in [3.05, 3.63) is 29.1 Å². The lowest BCUT2D eigenvalue weighted by Gasteiger charge is -2.18. The molecular formula is C16H24N6O. The van der Waals surface area contributed by atoms with Crippen molar-refractivity contribution in [3.63, 3.8) is 0 Å². The van der Waals surface area contributed by atoms with Gasteiger partial charge in [-0.15, -0.1) is 10.2 Å². The summed E-state index contributed by atoms with van der Waals surface area (Å²) in [6.45, 7) is 5.80. The van der Waals surface area contributed by atoms with Gasteiger partial charge in [0, 0.05) is 17.3 Å². The van der Waals surface area contributed by atoms with E-state index in [4.69, 9.17) is 0 Å². The summed E-state index contributed by atoms with van der Waals surface area (Å²) in [5.41, 5.74) is 2.78. The van der Waals surface area contributed by atoms with Crippen LogP contribution in [0, 0.1) is 13.8 Å². The first-order chi connectivity index (χ1) is 11.1. The van der Waals surface area contributed by atoms with E-state index in [9.17, 15) is 4.79 Å². The van der Waals surface area contributed by atoms with Gasteiger partial charge in [0.15, 0.2) is 5.82 Å². The molecule has 0 bridgehead atoms. The van der Waals surface area contributed by atoms with Crippen molar-refractivity contribution in [2.75, 3.05) is 0 Å². The second-order valence-corrected chi connectivity index (χ2v) is 6.41. The van der Waals surface area contributed by atoms with Crippen LogP contribution in [0.2, 0.25) is 0 Å². The average Bonchev–Trinajstić information content (AvgIpc) is 3.23. The summed E-state index contributed by atoms with van der Waals surface area (Å²) in [4.78, 5) is 12.3. The lowest BCUT2D eigenvalue weighted by molar-refractivity contribution is -0.121. The summed E-state index contributed by atoms with van der Waals surface area (Å²) in [6.07, 6.45) is 6.96. The lowest BCUT2D eigenvalue weighted by atomic mass is 10.1. The largest absolute Gasteiger partial charge is 0.346 e. The highest BCUT2D eigenvalue weighted by Crippen LogP contribution is 2.31. The molecule has 1 atom stereocenters. The minimum Gasteiger partial charge on any atom is -0.346 e. The number of nitrogens with one attached hydrogen (secondary N) is 2. The van der Waals surface area contributed by atoms with Crippen molar-refractivity contribution >= 4 is 5.91 Å². The molecule has 0 saturated heterocycles. The van der Waals surface area contributed by atoms with Crippen molar-refractivity contribution in [1.82, 2.24) is 30.3 Å². The van der Waals surface area contributed by atoms with Gasteiger partial charge in [-0.1, -0.05) is 12.8 Å². The number of carbonyl (C=O) groups is 1. The molecule has 1 fully saturated rings. The number of aryl methyl sites for hydroxylation is 2. The lowest BCUT2D eigenvalue weighted by Crippen LogP contribution is -2.30. The molecule has 1 aliphatic rings. The maximum atomic E-state index is 12.3. The molecule has 2 heterocycles. The fourth-order valence-corrected chi connectivity index (χ4v) is 3.38. The Bertz CT molecular complexity index is 663. The smallest absolute Gasteiger partial charge is 0.225 e. The molecule has 2 N–H and O–H groups in total. The number of amides is 1. The number of carbonyl (C=O) groups excluding carboxylic acids is 1. The maximum Gasteiger partial charge on any atom is 0.225 e. The van der Waals surface area contributed by atoms with Crippen LogP contribution in [0.25, 0.3) is 0 Å². The molecule has 0 aromatic carbocycles. The highest BCUT2D eigenvalue weighted by atomic mass is 16.1. The van der Waals surface area contributed by atoms with Crippen molar-refractivity contribution in [3.8, 4) is 0 Å². The van der Waals surface area contributed by atoms with Gasteiger partial charge in [0.2, 0.25) is 5.91 Å². The number of aromatic nitrogens is 5. The number of hydrogen-bond acceptors (Lipinski definition) is 4. The summed E-state index contributed by atoms with van der Waals surface area (Å²) in [5.74, 6) is 0.817. The average molecular weight is 316 g/mol.